The number of furan rings is 1. The molecule has 0 unspecified atom stereocenters. The summed E-state index contributed by atoms with van der Waals surface area (Å²) in [7, 11) is 1.59. The Balaban J connectivity index is 1.90. The Bertz CT molecular complexity index is 729. The highest BCUT2D eigenvalue weighted by Gasteiger charge is 2.08. The minimum atomic E-state index is 0.202. The van der Waals surface area contributed by atoms with Crippen LogP contribution in [-0.4, -0.2) is 23.4 Å². The second-order valence-electron chi connectivity index (χ2n) is 3.80. The van der Waals surface area contributed by atoms with Gasteiger partial charge in [0.1, 0.15) is 5.75 Å². The minimum Gasteiger partial charge on any atom is -0.497 e. The molecule has 0 aliphatic carbocycles. The lowest BCUT2D eigenvalue weighted by Crippen LogP contribution is -1.83. The van der Waals surface area contributed by atoms with E-state index in [0.29, 0.717) is 12.0 Å². The molecule has 19 heavy (non-hydrogen) atoms. The summed E-state index contributed by atoms with van der Waals surface area (Å²) < 4.78 is 15.6. The molecule has 0 amide bonds. The standard InChI is InChI=1S/C13H10N2O4/c1-17-8-2-4-10-11(6-8)15-13(14-10)19-12-5-3-9(7-16)18-12/h2-7H,1H3,(H,14,15). The molecule has 1 N–H and O–H groups in total. The van der Waals surface area contributed by atoms with Crippen LogP contribution in [0.1, 0.15) is 10.6 Å². The number of nitrogens with zero attached hydrogens (tertiary/aromatic N) is 1. The van der Waals surface area contributed by atoms with Crippen LogP contribution < -0.4 is 9.47 Å². The predicted octanol–water partition coefficient (Wildman–Crippen LogP) is 2.77. The van der Waals surface area contributed by atoms with Crippen LogP contribution in [0.4, 0.5) is 0 Å². The molecule has 0 aliphatic rings. The van der Waals surface area contributed by atoms with Crippen LogP contribution in [0.3, 0.4) is 0 Å². The number of aldehydes is 1. The van der Waals surface area contributed by atoms with Crippen LogP contribution >= 0.6 is 0 Å². The molecule has 3 aromatic rings. The second-order valence-corrected chi connectivity index (χ2v) is 3.80. The van der Waals surface area contributed by atoms with Gasteiger partial charge in [0.15, 0.2) is 12.0 Å². The topological polar surface area (TPSA) is 77.4 Å². The number of hydrogen-bond acceptors (Lipinski definition) is 5. The number of rotatable bonds is 4. The summed E-state index contributed by atoms with van der Waals surface area (Å²) in [4.78, 5) is 17.7. The molecule has 0 spiro atoms. The quantitative estimate of drug-likeness (QED) is 0.728. The number of H-pyrrole nitrogens is 1. The fourth-order valence-electron chi connectivity index (χ4n) is 1.69. The maximum atomic E-state index is 10.5. The molecule has 0 bridgehead atoms. The summed E-state index contributed by atoms with van der Waals surface area (Å²) in [5.74, 6) is 1.12. The van der Waals surface area contributed by atoms with Crippen LogP contribution in [0, 0.1) is 0 Å². The first-order chi connectivity index (χ1) is 9.28. The number of carbonyl (C=O) groups is 1. The number of hydrogen-bond donors (Lipinski definition) is 1. The number of imidazole rings is 1. The average molecular weight is 258 g/mol. The third kappa shape index (κ3) is 2.15. The molecule has 1 aromatic carbocycles. The van der Waals surface area contributed by atoms with Gasteiger partial charge in [0, 0.05) is 12.1 Å². The highest BCUT2D eigenvalue weighted by atomic mass is 16.6. The Morgan fingerprint density at radius 2 is 2.21 bits per heavy atom. The Hall–Kier alpha value is -2.76. The molecule has 96 valence electrons. The molecule has 0 radical (unpaired) electrons. The van der Waals surface area contributed by atoms with E-state index in [1.807, 2.05) is 12.1 Å². The summed E-state index contributed by atoms with van der Waals surface area (Å²) in [6, 6.07) is 8.81. The van der Waals surface area contributed by atoms with Gasteiger partial charge in [-0.1, -0.05) is 0 Å². The van der Waals surface area contributed by atoms with E-state index < -0.39 is 0 Å². The van der Waals surface area contributed by atoms with Gasteiger partial charge in [0.2, 0.25) is 0 Å². The normalized spacial score (nSPS) is 10.6. The molecule has 2 aromatic heterocycles. The molecule has 0 saturated carbocycles. The van der Waals surface area contributed by atoms with E-state index in [2.05, 4.69) is 9.97 Å². The van der Waals surface area contributed by atoms with Gasteiger partial charge >= 0.3 is 6.01 Å². The van der Waals surface area contributed by atoms with Gasteiger partial charge in [-0.2, -0.15) is 4.98 Å². The largest absolute Gasteiger partial charge is 0.497 e. The number of nitrogens with one attached hydrogen (secondary N) is 1. The van der Waals surface area contributed by atoms with Crippen LogP contribution in [0.25, 0.3) is 11.0 Å². The van der Waals surface area contributed by atoms with Gasteiger partial charge in [-0.3, -0.25) is 4.79 Å². The molecule has 0 saturated heterocycles. The van der Waals surface area contributed by atoms with Gasteiger partial charge in [-0.15, -0.1) is 0 Å². The van der Waals surface area contributed by atoms with Crippen LogP contribution in [0.15, 0.2) is 34.7 Å². The van der Waals surface area contributed by atoms with Gasteiger partial charge in [0.25, 0.3) is 5.95 Å². The number of fused-ring (bicyclic) bond motifs is 1. The van der Waals surface area contributed by atoms with Crippen molar-refractivity contribution in [2.75, 3.05) is 7.11 Å². The molecule has 0 fully saturated rings. The summed E-state index contributed by atoms with van der Waals surface area (Å²) in [6.07, 6.45) is 0.608. The number of ether oxygens (including phenoxy) is 2. The van der Waals surface area contributed by atoms with Crippen molar-refractivity contribution in [3.05, 3.63) is 36.1 Å². The third-order valence-corrected chi connectivity index (χ3v) is 2.58. The molecule has 2 heterocycles. The predicted molar refractivity (Wildman–Crippen MR) is 66.8 cm³/mol. The molecule has 6 nitrogen and oxygen atoms in total. The number of methoxy groups -OCH3 is 1. The van der Waals surface area contributed by atoms with E-state index in [1.54, 1.807) is 19.2 Å². The maximum absolute atomic E-state index is 10.5. The SMILES string of the molecule is COc1ccc2[nH]c(Oc3ccc(C=O)o3)nc2c1. The van der Waals surface area contributed by atoms with Gasteiger partial charge in [-0.05, 0) is 18.2 Å². The van der Waals surface area contributed by atoms with Crippen molar-refractivity contribution in [1.82, 2.24) is 9.97 Å². The molecule has 0 aliphatic heterocycles. The zero-order valence-electron chi connectivity index (χ0n) is 10.0. The van der Waals surface area contributed by atoms with Gasteiger partial charge < -0.3 is 18.9 Å². The van der Waals surface area contributed by atoms with Crippen LogP contribution in [-0.2, 0) is 0 Å². The summed E-state index contributed by atoms with van der Waals surface area (Å²) in [5.41, 5.74) is 1.54. The van der Waals surface area contributed by atoms with E-state index in [-0.39, 0.29) is 17.7 Å². The number of aromatic nitrogens is 2. The summed E-state index contributed by atoms with van der Waals surface area (Å²) in [5, 5.41) is 0. The van der Waals surface area contributed by atoms with Crippen molar-refractivity contribution in [2.45, 2.75) is 0 Å². The molecule has 0 atom stereocenters. The maximum Gasteiger partial charge on any atom is 0.302 e. The summed E-state index contributed by atoms with van der Waals surface area (Å²) in [6.45, 7) is 0. The third-order valence-electron chi connectivity index (χ3n) is 2.58. The highest BCUT2D eigenvalue weighted by Crippen LogP contribution is 2.25. The van der Waals surface area contributed by atoms with Crippen LogP contribution in [0.5, 0.6) is 17.7 Å². The number of aromatic amines is 1. The van der Waals surface area contributed by atoms with Crippen molar-refractivity contribution in [1.29, 1.82) is 0 Å². The smallest absolute Gasteiger partial charge is 0.302 e. The van der Waals surface area contributed by atoms with Crippen molar-refractivity contribution < 1.29 is 18.7 Å². The molecular weight excluding hydrogens is 248 g/mol. The Labute approximate surface area is 108 Å². The highest BCUT2D eigenvalue weighted by molar-refractivity contribution is 5.77. The Morgan fingerprint density at radius 1 is 1.32 bits per heavy atom. The fourth-order valence-corrected chi connectivity index (χ4v) is 1.69. The van der Waals surface area contributed by atoms with Crippen molar-refractivity contribution in [2.24, 2.45) is 0 Å². The molecule has 6 heteroatoms. The van der Waals surface area contributed by atoms with Gasteiger partial charge in [-0.25, -0.2) is 0 Å². The lowest BCUT2D eigenvalue weighted by molar-refractivity contribution is 0.109. The minimum absolute atomic E-state index is 0.202. The lowest BCUT2D eigenvalue weighted by Gasteiger charge is -1.96. The monoisotopic (exact) mass is 258 g/mol. The second kappa shape index (κ2) is 4.49. The Morgan fingerprint density at radius 3 is 2.95 bits per heavy atom. The van der Waals surface area contributed by atoms with E-state index in [9.17, 15) is 4.79 Å². The number of carbonyl (C=O) groups excluding carboxylic acids is 1. The molecular formula is C13H10N2O4. The first kappa shape index (κ1) is 11.3. The zero-order valence-corrected chi connectivity index (χ0v) is 10.0. The van der Waals surface area contributed by atoms with Crippen LogP contribution in [0.2, 0.25) is 0 Å². The van der Waals surface area contributed by atoms with E-state index >= 15 is 0 Å². The van der Waals surface area contributed by atoms with Gasteiger partial charge in [0.05, 0.1) is 18.1 Å². The van der Waals surface area contributed by atoms with E-state index in [1.165, 1.54) is 6.07 Å². The Kier molecular flexibility index (Phi) is 2.68. The fraction of sp³-hybridized carbons (Fsp3) is 0.0769. The zero-order chi connectivity index (χ0) is 13.2. The average Bonchev–Trinajstić information content (AvgIpc) is 3.03. The van der Waals surface area contributed by atoms with Crippen molar-refractivity contribution in [3.8, 4) is 17.7 Å². The first-order valence-corrected chi connectivity index (χ1v) is 5.55. The molecule has 3 rings (SSSR count). The number of benzene rings is 1. The van der Waals surface area contributed by atoms with Crippen molar-refractivity contribution >= 4 is 17.3 Å². The van der Waals surface area contributed by atoms with E-state index in [0.717, 1.165) is 11.0 Å². The van der Waals surface area contributed by atoms with E-state index in [4.69, 9.17) is 13.9 Å². The summed E-state index contributed by atoms with van der Waals surface area (Å²) >= 11 is 0. The van der Waals surface area contributed by atoms with Crippen molar-refractivity contribution in [3.63, 3.8) is 0 Å². The first-order valence-electron chi connectivity index (χ1n) is 5.55. The lowest BCUT2D eigenvalue weighted by atomic mass is 10.3.